The van der Waals surface area contributed by atoms with Crippen molar-refractivity contribution in [2.45, 2.75) is 50.9 Å². The van der Waals surface area contributed by atoms with Gasteiger partial charge < -0.3 is 10.1 Å². The van der Waals surface area contributed by atoms with E-state index in [4.69, 9.17) is 4.74 Å². The molecular formula is C11H22N2O3S. The minimum Gasteiger partial charge on any atom is -0.373 e. The second kappa shape index (κ2) is 5.65. The molecule has 0 spiro atoms. The van der Waals surface area contributed by atoms with Gasteiger partial charge in [0.1, 0.15) is 0 Å². The molecule has 2 aliphatic rings. The maximum absolute atomic E-state index is 11.8. The van der Waals surface area contributed by atoms with Crippen molar-refractivity contribution in [3.63, 3.8) is 0 Å². The van der Waals surface area contributed by atoms with Gasteiger partial charge >= 0.3 is 0 Å². The van der Waals surface area contributed by atoms with E-state index in [1.165, 1.54) is 0 Å². The fraction of sp³-hybridized carbons (Fsp3) is 1.00. The van der Waals surface area contributed by atoms with Crippen LogP contribution >= 0.6 is 0 Å². The molecule has 0 aromatic rings. The first kappa shape index (κ1) is 13.3. The highest BCUT2D eigenvalue weighted by atomic mass is 32.2. The Labute approximate surface area is 103 Å². The molecule has 0 aliphatic carbocycles. The Balaban J connectivity index is 1.73. The molecule has 6 heteroatoms. The van der Waals surface area contributed by atoms with Crippen LogP contribution in [-0.4, -0.2) is 45.5 Å². The molecular weight excluding hydrogens is 240 g/mol. The molecule has 2 N–H and O–H groups in total. The smallest absolute Gasteiger partial charge is 0.211 e. The van der Waals surface area contributed by atoms with Gasteiger partial charge in [-0.05, 0) is 38.8 Å². The molecule has 2 heterocycles. The molecule has 0 saturated carbocycles. The third kappa shape index (κ3) is 3.64. The van der Waals surface area contributed by atoms with Crippen molar-refractivity contribution < 1.29 is 13.2 Å². The van der Waals surface area contributed by atoms with E-state index in [0.717, 1.165) is 32.4 Å². The number of rotatable bonds is 7. The molecule has 2 saturated heterocycles. The summed E-state index contributed by atoms with van der Waals surface area (Å²) >= 11 is 0. The summed E-state index contributed by atoms with van der Waals surface area (Å²) in [6.45, 7) is 3.65. The molecule has 5 nitrogen and oxygen atoms in total. The molecule has 17 heavy (non-hydrogen) atoms. The predicted octanol–water partition coefficient (Wildman–Crippen LogP) is 0.225. The topological polar surface area (TPSA) is 67.4 Å². The number of hydrogen-bond acceptors (Lipinski definition) is 4. The Morgan fingerprint density at radius 2 is 2.18 bits per heavy atom. The van der Waals surface area contributed by atoms with Gasteiger partial charge in [0.15, 0.2) is 0 Å². The first-order valence-corrected chi connectivity index (χ1v) is 8.12. The second-order valence-electron chi connectivity index (χ2n) is 4.86. The first-order chi connectivity index (χ1) is 8.11. The SMILES string of the molecule is CCNCCCS(=O)(=O)NC1CC2CCC1O2. The van der Waals surface area contributed by atoms with Crippen LogP contribution in [0.1, 0.15) is 32.6 Å². The van der Waals surface area contributed by atoms with Crippen LogP contribution in [-0.2, 0) is 14.8 Å². The van der Waals surface area contributed by atoms with Gasteiger partial charge in [0, 0.05) is 0 Å². The highest BCUT2D eigenvalue weighted by molar-refractivity contribution is 7.89. The van der Waals surface area contributed by atoms with Crippen LogP contribution in [0.5, 0.6) is 0 Å². The maximum Gasteiger partial charge on any atom is 0.211 e. The maximum atomic E-state index is 11.8. The van der Waals surface area contributed by atoms with E-state index in [-0.39, 0.29) is 24.0 Å². The predicted molar refractivity (Wildman–Crippen MR) is 66.4 cm³/mol. The van der Waals surface area contributed by atoms with Gasteiger partial charge in [0.05, 0.1) is 24.0 Å². The normalized spacial score (nSPS) is 32.2. The summed E-state index contributed by atoms with van der Waals surface area (Å²) in [6.07, 6.45) is 3.98. The Hall–Kier alpha value is -0.170. The van der Waals surface area contributed by atoms with Crippen LogP contribution in [0.4, 0.5) is 0 Å². The molecule has 3 unspecified atom stereocenters. The van der Waals surface area contributed by atoms with Gasteiger partial charge in [0.25, 0.3) is 0 Å². The zero-order chi connectivity index (χ0) is 12.3. The quantitative estimate of drug-likeness (QED) is 0.644. The Morgan fingerprint density at radius 3 is 2.76 bits per heavy atom. The van der Waals surface area contributed by atoms with Crippen molar-refractivity contribution >= 4 is 10.0 Å². The summed E-state index contributed by atoms with van der Waals surface area (Å²) in [7, 11) is -3.14. The monoisotopic (exact) mass is 262 g/mol. The summed E-state index contributed by atoms with van der Waals surface area (Å²) in [5.74, 6) is 0.202. The standard InChI is InChI=1S/C11H22N2O3S/c1-2-12-6-3-7-17(14,15)13-10-8-9-4-5-11(10)16-9/h9-13H,2-8H2,1H3. The molecule has 2 rings (SSSR count). The molecule has 2 bridgehead atoms. The lowest BCUT2D eigenvalue weighted by atomic mass is 9.96. The molecule has 2 fully saturated rings. The molecule has 3 atom stereocenters. The fourth-order valence-electron chi connectivity index (χ4n) is 2.62. The van der Waals surface area contributed by atoms with Gasteiger partial charge in [-0.15, -0.1) is 0 Å². The number of hydrogen-bond donors (Lipinski definition) is 2. The lowest BCUT2D eigenvalue weighted by molar-refractivity contribution is 0.0996. The Bertz CT molecular complexity index is 345. The lowest BCUT2D eigenvalue weighted by Crippen LogP contribution is -2.42. The molecule has 2 aliphatic heterocycles. The van der Waals surface area contributed by atoms with E-state index in [1.807, 2.05) is 6.92 Å². The van der Waals surface area contributed by atoms with Crippen LogP contribution in [0, 0.1) is 0 Å². The zero-order valence-corrected chi connectivity index (χ0v) is 11.1. The van der Waals surface area contributed by atoms with Crippen LogP contribution in [0.2, 0.25) is 0 Å². The number of nitrogens with one attached hydrogen (secondary N) is 2. The molecule has 100 valence electrons. The van der Waals surface area contributed by atoms with Crippen molar-refractivity contribution in [3.8, 4) is 0 Å². The van der Waals surface area contributed by atoms with Crippen molar-refractivity contribution in [1.29, 1.82) is 0 Å². The molecule has 0 aromatic carbocycles. The van der Waals surface area contributed by atoms with Crippen molar-refractivity contribution in [2.24, 2.45) is 0 Å². The fourth-order valence-corrected chi connectivity index (χ4v) is 3.97. The average Bonchev–Trinajstić information content (AvgIpc) is 2.85. The minimum absolute atomic E-state index is 0.0119. The van der Waals surface area contributed by atoms with Crippen molar-refractivity contribution in [1.82, 2.24) is 10.0 Å². The summed E-state index contributed by atoms with van der Waals surface area (Å²) in [5, 5.41) is 3.12. The largest absolute Gasteiger partial charge is 0.373 e. The second-order valence-corrected chi connectivity index (χ2v) is 6.73. The van der Waals surface area contributed by atoms with E-state index < -0.39 is 10.0 Å². The summed E-state index contributed by atoms with van der Waals surface area (Å²) in [5.41, 5.74) is 0. The average molecular weight is 262 g/mol. The number of fused-ring (bicyclic) bond motifs is 2. The van der Waals surface area contributed by atoms with Crippen LogP contribution < -0.4 is 10.0 Å². The number of sulfonamides is 1. The zero-order valence-electron chi connectivity index (χ0n) is 10.3. The Kier molecular flexibility index (Phi) is 4.41. The van der Waals surface area contributed by atoms with Crippen molar-refractivity contribution in [3.05, 3.63) is 0 Å². The van der Waals surface area contributed by atoms with E-state index in [0.29, 0.717) is 6.42 Å². The van der Waals surface area contributed by atoms with Gasteiger partial charge in [-0.1, -0.05) is 6.92 Å². The van der Waals surface area contributed by atoms with Crippen LogP contribution in [0.15, 0.2) is 0 Å². The molecule has 0 aromatic heterocycles. The summed E-state index contributed by atoms with van der Waals surface area (Å²) < 4.78 is 32.1. The number of ether oxygens (including phenoxy) is 1. The summed E-state index contributed by atoms with van der Waals surface area (Å²) in [4.78, 5) is 0. The van der Waals surface area contributed by atoms with Gasteiger partial charge in [-0.25, -0.2) is 13.1 Å². The third-order valence-electron chi connectivity index (χ3n) is 3.45. The highest BCUT2D eigenvalue weighted by Crippen LogP contribution is 2.34. The van der Waals surface area contributed by atoms with E-state index in [9.17, 15) is 8.42 Å². The van der Waals surface area contributed by atoms with Gasteiger partial charge in [0.2, 0.25) is 10.0 Å². The van der Waals surface area contributed by atoms with Crippen molar-refractivity contribution in [2.75, 3.05) is 18.8 Å². The lowest BCUT2D eigenvalue weighted by Gasteiger charge is -2.19. The summed E-state index contributed by atoms with van der Waals surface area (Å²) in [6, 6.07) is 0.0119. The van der Waals surface area contributed by atoms with E-state index in [1.54, 1.807) is 0 Å². The van der Waals surface area contributed by atoms with Gasteiger partial charge in [-0.3, -0.25) is 0 Å². The third-order valence-corrected chi connectivity index (χ3v) is 4.94. The van der Waals surface area contributed by atoms with E-state index >= 15 is 0 Å². The van der Waals surface area contributed by atoms with Gasteiger partial charge in [-0.2, -0.15) is 0 Å². The van der Waals surface area contributed by atoms with Crippen LogP contribution in [0.3, 0.4) is 0 Å². The molecule has 0 amide bonds. The van der Waals surface area contributed by atoms with E-state index in [2.05, 4.69) is 10.0 Å². The Morgan fingerprint density at radius 1 is 1.35 bits per heavy atom. The molecule has 0 radical (unpaired) electrons. The highest BCUT2D eigenvalue weighted by Gasteiger charge is 2.42. The minimum atomic E-state index is -3.14. The first-order valence-electron chi connectivity index (χ1n) is 6.47. The van der Waals surface area contributed by atoms with Crippen LogP contribution in [0.25, 0.3) is 0 Å².